The molecule has 0 fully saturated rings. The topological polar surface area (TPSA) is 619 Å². The molecule has 0 heterocycles. The highest BCUT2D eigenvalue weighted by Crippen LogP contribution is 2.15. The summed E-state index contributed by atoms with van der Waals surface area (Å²) in [5.74, 6) is -15.4. The molecule has 0 bridgehead atoms. The number of aliphatic hydroxyl groups is 1. The van der Waals surface area contributed by atoms with Gasteiger partial charge in [-0.3, -0.25) is 73.1 Å². The zero-order chi connectivity index (χ0) is 70.7. The Morgan fingerprint density at radius 2 is 0.806 bits per heavy atom. The number of rotatable bonds is 46. The zero-order valence-electron chi connectivity index (χ0n) is 53.7. The number of phenolic OH excluding ortho intramolecular Hbond substituents is 1. The van der Waals surface area contributed by atoms with Crippen molar-refractivity contribution in [1.29, 1.82) is 10.8 Å². The molecule has 0 radical (unpaired) electrons. The number of aromatic hydroxyl groups is 1. The van der Waals surface area contributed by atoms with Gasteiger partial charge in [0, 0.05) is 38.3 Å². The van der Waals surface area contributed by atoms with Gasteiger partial charge in [-0.25, -0.2) is 0 Å². The van der Waals surface area contributed by atoms with Gasteiger partial charge in [0.2, 0.25) is 70.9 Å². The second-order valence-corrected chi connectivity index (χ2v) is 23.5. The monoisotopic (exact) mass is 1320 g/mol. The van der Waals surface area contributed by atoms with E-state index in [1.165, 1.54) is 31.2 Å². The van der Waals surface area contributed by atoms with Gasteiger partial charge in [0.15, 0.2) is 11.9 Å². The van der Waals surface area contributed by atoms with Crippen LogP contribution >= 0.6 is 0 Å². The van der Waals surface area contributed by atoms with E-state index >= 15 is 0 Å². The lowest BCUT2D eigenvalue weighted by Crippen LogP contribution is -2.61. The molecule has 28 N–H and O–H groups in total. The average Bonchev–Trinajstić information content (AvgIpc) is 1.03. The number of guanidine groups is 2. The third kappa shape index (κ3) is 34.0. The Bertz CT molecular complexity index is 2720. The van der Waals surface area contributed by atoms with Gasteiger partial charge in [0.1, 0.15) is 60.1 Å². The lowest BCUT2D eigenvalue weighted by Gasteiger charge is -2.29. The summed E-state index contributed by atoms with van der Waals surface area (Å²) >= 11 is 0. The molecule has 0 saturated heterocycles. The number of aliphatic carboxylic acids is 1. The van der Waals surface area contributed by atoms with E-state index in [4.69, 9.17) is 45.2 Å². The van der Waals surface area contributed by atoms with Crippen LogP contribution in [-0.4, -0.2) is 184 Å². The summed E-state index contributed by atoms with van der Waals surface area (Å²) in [5, 5.41) is 72.7. The number of unbranched alkanes of at least 4 members (excludes halogenated alkanes) is 1. The predicted molar refractivity (Wildman–Crippen MR) is 338 cm³/mol. The summed E-state index contributed by atoms with van der Waals surface area (Å²) in [6.07, 6.45) is -4.28. The molecule has 0 aliphatic heterocycles. The number of carboxylic acids is 1. The third-order valence-corrected chi connectivity index (χ3v) is 14.1. The normalized spacial score (nSPS) is 14.6. The highest BCUT2D eigenvalue weighted by atomic mass is 16.4. The van der Waals surface area contributed by atoms with Crippen molar-refractivity contribution in [2.45, 2.75) is 198 Å². The van der Waals surface area contributed by atoms with Crippen molar-refractivity contribution in [2.24, 2.45) is 52.2 Å². The molecule has 11 atom stereocenters. The van der Waals surface area contributed by atoms with E-state index in [1.54, 1.807) is 13.8 Å². The first kappa shape index (κ1) is 81.6. The number of nitrogens with one attached hydrogen (secondary N) is 13. The SMILES string of the molecule is CC(C)C[C@H](NC(=O)[C@H](CC(C)C)NC(=O)[C@H](CCCCN)NC(=O)[C@H](CCCNC(=N)N)NC(=O)[C@H](Cc1ccc(O)cc1)NC(=O)[C@H](CCC(N)=O)NC(=O)[C@H](CCC(N)=O)NC(=O)[C@H](CCCNC(=N)N)NC(=O)[C@@H](NC(=O)[C@@H](C)CC(=O)O)[C@@H](C)O)C(N)=O. The molecule has 12 amide bonds. The molecule has 1 aromatic carbocycles. The highest BCUT2D eigenvalue weighted by molar-refractivity contribution is 5.99. The minimum absolute atomic E-state index is 0.00226. The largest absolute Gasteiger partial charge is 0.508 e. The summed E-state index contributed by atoms with van der Waals surface area (Å²) in [6.45, 7) is 9.83. The standard InChI is InChI=1S/C58H99N19O16/c1-29(2)25-40(47(62)84)74-54(91)41(26-30(3)4)75-51(88)35(11-7-8-22-59)69-49(86)36(12-9-23-67-57(63)64)70-55(92)42(28-33-14-16-34(79)17-15-33)76-53(90)39(19-21-44(61)81)72-52(89)38(18-20-43(60)80)71-50(87)37(13-10-24-68-58(65)66)73-56(93)46(32(6)78)77-48(85)31(5)27-45(82)83/h14-17,29-32,35-42,46,78-79H,7-13,18-28,59H2,1-6H3,(H2,60,80)(H2,61,81)(H2,62,84)(H,69,86)(H,70,92)(H,71,87)(H,72,89)(H,73,93)(H,74,91)(H,75,88)(H,76,90)(H,77,85)(H,82,83)(H4,63,64,67)(H4,65,66,68)/t31-,32+,35-,36-,37-,38-,39-,40-,41-,42-,46-/m0/s1. The van der Waals surface area contributed by atoms with Crippen LogP contribution in [-0.2, 0) is 68.7 Å². The molecule has 0 saturated carbocycles. The van der Waals surface area contributed by atoms with E-state index in [2.05, 4.69) is 58.5 Å². The van der Waals surface area contributed by atoms with Gasteiger partial charge >= 0.3 is 5.97 Å². The van der Waals surface area contributed by atoms with Crippen LogP contribution in [0.15, 0.2) is 24.3 Å². The molecule has 35 heteroatoms. The van der Waals surface area contributed by atoms with Gasteiger partial charge in [-0.05, 0) is 114 Å². The molecular weight excluding hydrogens is 1220 g/mol. The van der Waals surface area contributed by atoms with Crippen molar-refractivity contribution < 1.29 is 77.6 Å². The van der Waals surface area contributed by atoms with Crippen LogP contribution in [0.5, 0.6) is 5.75 Å². The Hall–Kier alpha value is -9.41. The fraction of sp³-hybridized carbons (Fsp3) is 0.638. The van der Waals surface area contributed by atoms with Crippen molar-refractivity contribution in [3.8, 4) is 5.75 Å². The van der Waals surface area contributed by atoms with Crippen molar-refractivity contribution in [3.63, 3.8) is 0 Å². The first-order chi connectivity index (χ1) is 43.5. The smallest absolute Gasteiger partial charge is 0.304 e. The van der Waals surface area contributed by atoms with Gasteiger partial charge in [-0.15, -0.1) is 0 Å². The van der Waals surface area contributed by atoms with E-state index < -0.39 is 187 Å². The van der Waals surface area contributed by atoms with Crippen LogP contribution in [0.2, 0.25) is 0 Å². The Balaban J connectivity index is 3.89. The van der Waals surface area contributed by atoms with Gasteiger partial charge in [0.05, 0.1) is 12.5 Å². The van der Waals surface area contributed by atoms with E-state index in [0.29, 0.717) is 18.4 Å². The number of benzene rings is 1. The summed E-state index contributed by atoms with van der Waals surface area (Å²) in [6, 6.07) is -8.39. The molecule has 93 heavy (non-hydrogen) atoms. The van der Waals surface area contributed by atoms with Gasteiger partial charge in [-0.1, -0.05) is 46.8 Å². The van der Waals surface area contributed by atoms with Crippen LogP contribution < -0.4 is 92.9 Å². The lowest BCUT2D eigenvalue weighted by molar-refractivity contribution is -0.141. The molecule has 0 unspecified atom stereocenters. The Morgan fingerprint density at radius 3 is 1.18 bits per heavy atom. The van der Waals surface area contributed by atoms with Crippen LogP contribution in [0.1, 0.15) is 137 Å². The number of carbonyl (C=O) groups excluding carboxylic acids is 12. The number of hydrogen-bond donors (Lipinski definition) is 22. The Labute approximate surface area is 539 Å². The first-order valence-corrected chi connectivity index (χ1v) is 30.7. The number of hydrogen-bond acceptors (Lipinski definition) is 18. The van der Waals surface area contributed by atoms with Crippen LogP contribution in [0.3, 0.4) is 0 Å². The highest BCUT2D eigenvalue weighted by Gasteiger charge is 2.37. The van der Waals surface area contributed by atoms with Crippen molar-refractivity contribution in [2.75, 3.05) is 19.6 Å². The fourth-order valence-electron chi connectivity index (χ4n) is 9.19. The van der Waals surface area contributed by atoms with Gasteiger partial charge in [-0.2, -0.15) is 0 Å². The minimum atomic E-state index is -1.79. The lowest BCUT2D eigenvalue weighted by atomic mass is 9.99. The number of nitrogens with two attached hydrogens (primary N) is 6. The number of phenols is 1. The van der Waals surface area contributed by atoms with E-state index in [1.807, 2.05) is 13.8 Å². The Kier molecular flexibility index (Phi) is 37.4. The Morgan fingerprint density at radius 1 is 0.452 bits per heavy atom. The molecule has 0 aliphatic carbocycles. The van der Waals surface area contributed by atoms with E-state index in [9.17, 15) is 77.6 Å². The molecule has 35 nitrogen and oxygen atoms in total. The fourth-order valence-corrected chi connectivity index (χ4v) is 9.19. The molecule has 1 rings (SSSR count). The molecule has 1 aromatic rings. The molecular formula is C58H99N19O16. The maximum absolute atomic E-state index is 14.8. The van der Waals surface area contributed by atoms with Crippen LogP contribution in [0.4, 0.5) is 0 Å². The molecule has 522 valence electrons. The number of aliphatic hydroxyl groups excluding tert-OH is 1. The van der Waals surface area contributed by atoms with Crippen molar-refractivity contribution in [1.82, 2.24) is 58.5 Å². The summed E-state index contributed by atoms with van der Waals surface area (Å²) in [5.41, 5.74) is 33.6. The van der Waals surface area contributed by atoms with Gasteiger partial charge in [0.25, 0.3) is 0 Å². The molecule has 0 spiro atoms. The second kappa shape index (κ2) is 42.6. The average molecular weight is 1320 g/mol. The third-order valence-electron chi connectivity index (χ3n) is 14.1. The van der Waals surface area contributed by atoms with E-state index in [-0.39, 0.29) is 88.6 Å². The number of carbonyl (C=O) groups is 13. The van der Waals surface area contributed by atoms with Crippen LogP contribution in [0.25, 0.3) is 0 Å². The minimum Gasteiger partial charge on any atom is -0.508 e. The first-order valence-electron chi connectivity index (χ1n) is 30.7. The number of carboxylic acid groups (broad SMARTS) is 1. The summed E-state index contributed by atoms with van der Waals surface area (Å²) in [4.78, 5) is 175. The number of amides is 12. The predicted octanol–water partition coefficient (Wildman–Crippen LogP) is -5.45. The zero-order valence-corrected chi connectivity index (χ0v) is 53.7. The molecule has 0 aliphatic rings. The molecule has 0 aromatic heterocycles. The maximum atomic E-state index is 14.8. The maximum Gasteiger partial charge on any atom is 0.304 e. The number of primary amides is 3. The van der Waals surface area contributed by atoms with Crippen LogP contribution in [0, 0.1) is 28.6 Å². The van der Waals surface area contributed by atoms with Crippen molar-refractivity contribution >= 4 is 88.8 Å². The van der Waals surface area contributed by atoms with Crippen molar-refractivity contribution in [3.05, 3.63) is 29.8 Å². The summed E-state index contributed by atoms with van der Waals surface area (Å²) < 4.78 is 0. The van der Waals surface area contributed by atoms with Gasteiger partial charge < -0.3 is 108 Å². The summed E-state index contributed by atoms with van der Waals surface area (Å²) in [7, 11) is 0. The second-order valence-electron chi connectivity index (χ2n) is 23.5. The quantitative estimate of drug-likeness (QED) is 0.0165. The van der Waals surface area contributed by atoms with E-state index in [0.717, 1.165) is 6.92 Å².